The molecule has 12 rings (SSSR count). The van der Waals surface area contributed by atoms with E-state index in [1.165, 1.54) is 88.7 Å². The molecule has 1 nitrogen and oxygen atoms in total. The predicted octanol–water partition coefficient (Wildman–Crippen LogP) is 16.3. The summed E-state index contributed by atoms with van der Waals surface area (Å²) in [5.74, 6) is 0. The average Bonchev–Trinajstić information content (AvgIpc) is 3.77. The smallest absolute Gasteiger partial charge is 0.0465 e. The molecule has 1 heteroatoms. The Morgan fingerprint density at radius 2 is 0.683 bits per heavy atom. The Morgan fingerprint density at radius 1 is 0.286 bits per heavy atom. The third-order valence-electron chi connectivity index (χ3n) is 14.3. The summed E-state index contributed by atoms with van der Waals surface area (Å²) in [4.78, 5) is 2.47. The molecule has 10 aromatic carbocycles. The van der Waals surface area contributed by atoms with Gasteiger partial charge in [0.25, 0.3) is 0 Å². The van der Waals surface area contributed by atoms with Crippen LogP contribution in [0.25, 0.3) is 55.3 Å². The van der Waals surface area contributed by atoms with E-state index in [2.05, 4.69) is 255 Å². The zero-order chi connectivity index (χ0) is 42.1. The molecule has 0 N–H and O–H groups in total. The lowest BCUT2D eigenvalue weighted by atomic mass is 9.74. The normalized spacial score (nSPS) is 16.9. The Balaban J connectivity index is 1.00. The molecule has 2 unspecified atom stereocenters. The van der Waals surface area contributed by atoms with Crippen LogP contribution in [0.4, 0.5) is 17.1 Å². The fourth-order valence-corrected chi connectivity index (χ4v) is 11.0. The van der Waals surface area contributed by atoms with Gasteiger partial charge >= 0.3 is 0 Å². The van der Waals surface area contributed by atoms with Gasteiger partial charge in [0.2, 0.25) is 0 Å². The first kappa shape index (κ1) is 37.1. The molecule has 0 radical (unpaired) electrons. The van der Waals surface area contributed by atoms with Gasteiger partial charge in [-0.05, 0) is 139 Å². The summed E-state index contributed by atoms with van der Waals surface area (Å²) in [6.45, 7) is 4.80. The van der Waals surface area contributed by atoms with Crippen LogP contribution in [-0.4, -0.2) is 0 Å². The van der Waals surface area contributed by atoms with Gasteiger partial charge in [-0.25, -0.2) is 0 Å². The van der Waals surface area contributed by atoms with Crippen LogP contribution in [0, 0.1) is 0 Å². The van der Waals surface area contributed by atoms with Crippen molar-refractivity contribution in [1.29, 1.82) is 0 Å². The molecular formula is C62H45N. The second-order valence-corrected chi connectivity index (χ2v) is 17.5. The minimum atomic E-state index is -0.317. The molecule has 2 atom stereocenters. The summed E-state index contributed by atoms with van der Waals surface area (Å²) in [5, 5.41) is 2.53. The number of hydrogen-bond donors (Lipinski definition) is 0. The van der Waals surface area contributed by atoms with Crippen LogP contribution in [0.15, 0.2) is 237 Å². The number of fused-ring (bicyclic) bond motifs is 7. The maximum absolute atomic E-state index is 2.47. The molecule has 0 fully saturated rings. The maximum Gasteiger partial charge on any atom is 0.0465 e. The first-order valence-corrected chi connectivity index (χ1v) is 22.1. The van der Waals surface area contributed by atoms with Crippen LogP contribution in [0.2, 0.25) is 0 Å². The second kappa shape index (κ2) is 14.4. The minimum Gasteiger partial charge on any atom is -0.310 e. The third-order valence-corrected chi connectivity index (χ3v) is 14.3. The summed E-state index contributed by atoms with van der Waals surface area (Å²) in [7, 11) is 0. The molecule has 63 heavy (non-hydrogen) atoms. The quantitative estimate of drug-likeness (QED) is 0.155. The highest BCUT2D eigenvalue weighted by Gasteiger charge is 2.43. The number of anilines is 3. The lowest BCUT2D eigenvalue weighted by Crippen LogP contribution is -2.23. The SMILES string of the molecule is CC1(c2ccccc2)c2ccccc2-c2ccc(N(c3ccc(-c4ccc(-c5cccc6ccccc56)cc4)cc3)c3ccc4c(c3)C(C)(c3ccccc3)c3ccccc3-4)cc21. The number of rotatable bonds is 7. The van der Waals surface area contributed by atoms with Crippen LogP contribution in [-0.2, 0) is 10.8 Å². The Bertz CT molecular complexity index is 3200. The summed E-state index contributed by atoms with van der Waals surface area (Å²) in [6.07, 6.45) is 0. The number of benzene rings is 10. The molecule has 298 valence electrons. The van der Waals surface area contributed by atoms with Gasteiger partial charge in [0.05, 0.1) is 0 Å². The first-order valence-electron chi connectivity index (χ1n) is 22.1. The highest BCUT2D eigenvalue weighted by molar-refractivity contribution is 5.97. The van der Waals surface area contributed by atoms with E-state index < -0.39 is 0 Å². The van der Waals surface area contributed by atoms with E-state index in [9.17, 15) is 0 Å². The number of hydrogen-bond acceptors (Lipinski definition) is 1. The van der Waals surface area contributed by atoms with Gasteiger partial charge in [-0.15, -0.1) is 0 Å². The zero-order valence-electron chi connectivity index (χ0n) is 35.5. The Labute approximate surface area is 370 Å². The van der Waals surface area contributed by atoms with Gasteiger partial charge in [-0.2, -0.15) is 0 Å². The van der Waals surface area contributed by atoms with Crippen molar-refractivity contribution in [2.45, 2.75) is 24.7 Å². The Morgan fingerprint density at radius 3 is 1.24 bits per heavy atom. The molecule has 0 amide bonds. The fraction of sp³-hybridized carbons (Fsp3) is 0.0645. The molecular weight excluding hydrogens is 759 g/mol. The zero-order valence-corrected chi connectivity index (χ0v) is 35.5. The molecule has 2 aliphatic rings. The second-order valence-electron chi connectivity index (χ2n) is 17.5. The van der Waals surface area contributed by atoms with Crippen molar-refractivity contribution in [2.75, 3.05) is 4.90 Å². The van der Waals surface area contributed by atoms with Crippen molar-refractivity contribution < 1.29 is 0 Å². The lowest BCUT2D eigenvalue weighted by molar-refractivity contribution is 0.713. The molecule has 10 aromatic rings. The van der Waals surface area contributed by atoms with Crippen LogP contribution in [0.1, 0.15) is 47.2 Å². The molecule has 0 aromatic heterocycles. The van der Waals surface area contributed by atoms with Gasteiger partial charge in [0.15, 0.2) is 0 Å². The van der Waals surface area contributed by atoms with Crippen molar-refractivity contribution in [1.82, 2.24) is 0 Å². The van der Waals surface area contributed by atoms with Crippen molar-refractivity contribution in [3.05, 3.63) is 270 Å². The van der Waals surface area contributed by atoms with E-state index in [4.69, 9.17) is 0 Å². The average molecular weight is 804 g/mol. The summed E-state index contributed by atoms with van der Waals surface area (Å²) < 4.78 is 0. The van der Waals surface area contributed by atoms with Gasteiger partial charge in [0.1, 0.15) is 0 Å². The number of nitrogens with zero attached hydrogens (tertiary/aromatic N) is 1. The van der Waals surface area contributed by atoms with Gasteiger partial charge < -0.3 is 4.90 Å². The highest BCUT2D eigenvalue weighted by atomic mass is 15.1. The van der Waals surface area contributed by atoms with Gasteiger partial charge in [0, 0.05) is 27.9 Å². The van der Waals surface area contributed by atoms with Crippen molar-refractivity contribution in [3.8, 4) is 44.5 Å². The van der Waals surface area contributed by atoms with Crippen LogP contribution in [0.3, 0.4) is 0 Å². The van der Waals surface area contributed by atoms with E-state index >= 15 is 0 Å². The maximum atomic E-state index is 2.47. The predicted molar refractivity (Wildman–Crippen MR) is 264 cm³/mol. The lowest BCUT2D eigenvalue weighted by Gasteiger charge is -2.32. The molecule has 0 heterocycles. The first-order chi connectivity index (χ1) is 31.0. The van der Waals surface area contributed by atoms with E-state index in [1.54, 1.807) is 0 Å². The van der Waals surface area contributed by atoms with Crippen molar-refractivity contribution >= 4 is 27.8 Å². The summed E-state index contributed by atoms with van der Waals surface area (Å²) in [6, 6.07) is 87.6. The van der Waals surface area contributed by atoms with Gasteiger partial charge in [-0.1, -0.05) is 200 Å². The summed E-state index contributed by atoms with van der Waals surface area (Å²) in [5.41, 5.74) is 20.7. The fourth-order valence-electron chi connectivity index (χ4n) is 11.0. The molecule has 0 saturated heterocycles. The van der Waals surface area contributed by atoms with Crippen molar-refractivity contribution in [3.63, 3.8) is 0 Å². The van der Waals surface area contributed by atoms with Crippen LogP contribution < -0.4 is 4.90 Å². The minimum absolute atomic E-state index is 0.317. The topological polar surface area (TPSA) is 3.24 Å². The monoisotopic (exact) mass is 803 g/mol. The Hall–Kier alpha value is -7.74. The molecule has 0 spiro atoms. The van der Waals surface area contributed by atoms with Gasteiger partial charge in [-0.3, -0.25) is 0 Å². The van der Waals surface area contributed by atoms with E-state index in [-0.39, 0.29) is 10.8 Å². The molecule has 2 aliphatic carbocycles. The van der Waals surface area contributed by atoms with Crippen molar-refractivity contribution in [2.24, 2.45) is 0 Å². The van der Waals surface area contributed by atoms with E-state index in [1.807, 2.05) is 0 Å². The van der Waals surface area contributed by atoms with Crippen LogP contribution in [0.5, 0.6) is 0 Å². The highest BCUT2D eigenvalue weighted by Crippen LogP contribution is 2.56. The summed E-state index contributed by atoms with van der Waals surface area (Å²) >= 11 is 0. The molecule has 0 saturated carbocycles. The Kier molecular flexibility index (Phi) is 8.49. The molecule has 0 bridgehead atoms. The standard InChI is InChI=1S/C62H45N/c1-61(46-18-5-3-6-19-46)57-26-13-11-23-53(57)55-38-36-49(40-59(55)61)63(50-37-39-56-54-24-12-14-27-58(54)62(2,60(56)41-50)47-20-7-4-8-21-47)48-34-32-43(33-35-48)42-28-30-45(31-29-42)52-25-15-17-44-16-9-10-22-51(44)52/h3-41H,1-2H3. The third kappa shape index (κ3) is 5.70. The molecule has 0 aliphatic heterocycles. The van der Waals surface area contributed by atoms with E-state index in [0.29, 0.717) is 0 Å². The van der Waals surface area contributed by atoms with Crippen LogP contribution >= 0.6 is 0 Å². The largest absolute Gasteiger partial charge is 0.310 e. The van der Waals surface area contributed by atoms with E-state index in [0.717, 1.165) is 17.1 Å².